The topological polar surface area (TPSA) is 60.2 Å². The maximum Gasteiger partial charge on any atom is 0.280 e. The first-order chi connectivity index (χ1) is 7.22. The lowest BCUT2D eigenvalue weighted by molar-refractivity contribution is -0.385. The number of carbonyl (C=O) groups excluding carboxylic acids is 1. The van der Waals surface area contributed by atoms with Gasteiger partial charge in [0, 0.05) is 6.07 Å². The Kier molecular flexibility index (Phi) is 2.49. The van der Waals surface area contributed by atoms with E-state index in [0.29, 0.717) is 6.29 Å². The van der Waals surface area contributed by atoms with Crippen molar-refractivity contribution in [2.24, 2.45) is 0 Å². The molecule has 0 atom stereocenters. The second-order valence-corrected chi connectivity index (χ2v) is 3.76. The number of nitro benzene ring substituents is 1. The Morgan fingerprint density at radius 3 is 2.33 bits per heavy atom. The van der Waals surface area contributed by atoms with E-state index in [2.05, 4.69) is 0 Å². The SMILES string of the molecule is O=Cc1cc2c(cc1[N+](=O)[O-])CCCC2. The highest BCUT2D eigenvalue weighted by Crippen LogP contribution is 2.28. The lowest BCUT2D eigenvalue weighted by Crippen LogP contribution is -2.05. The summed E-state index contributed by atoms with van der Waals surface area (Å²) in [5, 5.41) is 10.7. The summed E-state index contributed by atoms with van der Waals surface area (Å²) in [4.78, 5) is 20.9. The van der Waals surface area contributed by atoms with E-state index in [1.54, 1.807) is 12.1 Å². The molecule has 4 heteroatoms. The fraction of sp³-hybridized carbons (Fsp3) is 0.364. The lowest BCUT2D eigenvalue weighted by Gasteiger charge is -2.15. The average molecular weight is 205 g/mol. The minimum atomic E-state index is -0.487. The molecule has 15 heavy (non-hydrogen) atoms. The fourth-order valence-corrected chi connectivity index (χ4v) is 2.04. The van der Waals surface area contributed by atoms with Crippen molar-refractivity contribution < 1.29 is 9.72 Å². The van der Waals surface area contributed by atoms with Crippen molar-refractivity contribution in [3.63, 3.8) is 0 Å². The monoisotopic (exact) mass is 205 g/mol. The third-order valence-corrected chi connectivity index (χ3v) is 2.81. The summed E-state index contributed by atoms with van der Waals surface area (Å²) in [5.41, 5.74) is 2.25. The van der Waals surface area contributed by atoms with E-state index in [-0.39, 0.29) is 11.3 Å². The molecule has 0 amide bonds. The highest BCUT2D eigenvalue weighted by atomic mass is 16.6. The number of benzene rings is 1. The van der Waals surface area contributed by atoms with Crippen LogP contribution in [0.1, 0.15) is 34.3 Å². The van der Waals surface area contributed by atoms with Crippen LogP contribution >= 0.6 is 0 Å². The predicted molar refractivity (Wildman–Crippen MR) is 55.1 cm³/mol. The van der Waals surface area contributed by atoms with Gasteiger partial charge in [0.15, 0.2) is 6.29 Å². The van der Waals surface area contributed by atoms with E-state index in [9.17, 15) is 14.9 Å². The molecule has 4 nitrogen and oxygen atoms in total. The quantitative estimate of drug-likeness (QED) is 0.422. The van der Waals surface area contributed by atoms with Crippen LogP contribution in [0.15, 0.2) is 12.1 Å². The van der Waals surface area contributed by atoms with E-state index in [4.69, 9.17) is 0 Å². The number of rotatable bonds is 2. The summed E-state index contributed by atoms with van der Waals surface area (Å²) >= 11 is 0. The van der Waals surface area contributed by atoms with Gasteiger partial charge in [0.1, 0.15) is 0 Å². The molecular formula is C11H11NO3. The molecule has 0 saturated heterocycles. The van der Waals surface area contributed by atoms with Gasteiger partial charge in [0.05, 0.1) is 10.5 Å². The lowest BCUT2D eigenvalue weighted by atomic mass is 9.90. The van der Waals surface area contributed by atoms with Crippen LogP contribution in [-0.2, 0) is 12.8 Å². The smallest absolute Gasteiger partial charge is 0.280 e. The first kappa shape index (κ1) is 9.83. The molecular weight excluding hydrogens is 194 g/mol. The number of nitrogens with zero attached hydrogens (tertiary/aromatic N) is 1. The molecule has 0 N–H and O–H groups in total. The summed E-state index contributed by atoms with van der Waals surface area (Å²) in [7, 11) is 0. The molecule has 1 aromatic carbocycles. The van der Waals surface area contributed by atoms with Crippen molar-refractivity contribution in [2.75, 3.05) is 0 Å². The number of aryl methyl sites for hydroxylation is 2. The third kappa shape index (κ3) is 1.75. The van der Waals surface area contributed by atoms with Gasteiger partial charge in [0.25, 0.3) is 5.69 Å². The molecule has 1 aliphatic carbocycles. The largest absolute Gasteiger partial charge is 0.298 e. The van der Waals surface area contributed by atoms with E-state index in [1.165, 1.54) is 0 Å². The minimum Gasteiger partial charge on any atom is -0.298 e. The molecule has 0 radical (unpaired) electrons. The Morgan fingerprint density at radius 1 is 1.20 bits per heavy atom. The fourth-order valence-electron chi connectivity index (χ4n) is 2.04. The summed E-state index contributed by atoms with van der Waals surface area (Å²) in [6.45, 7) is 0. The van der Waals surface area contributed by atoms with Gasteiger partial charge in [-0.3, -0.25) is 14.9 Å². The van der Waals surface area contributed by atoms with Crippen molar-refractivity contribution in [1.29, 1.82) is 0 Å². The van der Waals surface area contributed by atoms with E-state index >= 15 is 0 Å². The summed E-state index contributed by atoms with van der Waals surface area (Å²) in [6, 6.07) is 3.22. The van der Waals surface area contributed by atoms with E-state index in [0.717, 1.165) is 36.8 Å². The Morgan fingerprint density at radius 2 is 1.80 bits per heavy atom. The zero-order valence-corrected chi connectivity index (χ0v) is 8.23. The van der Waals surface area contributed by atoms with Crippen LogP contribution in [0, 0.1) is 10.1 Å². The van der Waals surface area contributed by atoms with Crippen molar-refractivity contribution in [2.45, 2.75) is 25.7 Å². The van der Waals surface area contributed by atoms with E-state index < -0.39 is 4.92 Å². The molecule has 0 fully saturated rings. The second-order valence-electron chi connectivity index (χ2n) is 3.76. The molecule has 1 aromatic rings. The zero-order chi connectivity index (χ0) is 10.8. The molecule has 0 unspecified atom stereocenters. The molecule has 0 saturated carbocycles. The van der Waals surface area contributed by atoms with Crippen molar-refractivity contribution in [1.82, 2.24) is 0 Å². The Hall–Kier alpha value is -1.71. The molecule has 78 valence electrons. The van der Waals surface area contributed by atoms with Crippen LogP contribution in [0.3, 0.4) is 0 Å². The van der Waals surface area contributed by atoms with Crippen LogP contribution in [0.4, 0.5) is 5.69 Å². The molecule has 0 spiro atoms. The summed E-state index contributed by atoms with van der Waals surface area (Å²) in [6.07, 6.45) is 4.55. The molecule has 1 aliphatic rings. The van der Waals surface area contributed by atoms with Gasteiger partial charge in [-0.1, -0.05) is 0 Å². The van der Waals surface area contributed by atoms with E-state index in [1.807, 2.05) is 0 Å². The van der Waals surface area contributed by atoms with Crippen LogP contribution in [-0.4, -0.2) is 11.2 Å². The number of hydrogen-bond donors (Lipinski definition) is 0. The summed E-state index contributed by atoms with van der Waals surface area (Å²) in [5.74, 6) is 0. The highest BCUT2D eigenvalue weighted by molar-refractivity contribution is 5.82. The Bertz CT molecular complexity index is 426. The number of aldehydes is 1. The van der Waals surface area contributed by atoms with Gasteiger partial charge in [-0.15, -0.1) is 0 Å². The van der Waals surface area contributed by atoms with Crippen molar-refractivity contribution >= 4 is 12.0 Å². The predicted octanol–water partition coefficient (Wildman–Crippen LogP) is 2.29. The van der Waals surface area contributed by atoms with Crippen LogP contribution in [0.2, 0.25) is 0 Å². The van der Waals surface area contributed by atoms with Crippen molar-refractivity contribution in [3.8, 4) is 0 Å². The van der Waals surface area contributed by atoms with Gasteiger partial charge >= 0.3 is 0 Å². The van der Waals surface area contributed by atoms with Gasteiger partial charge < -0.3 is 0 Å². The molecule has 0 heterocycles. The zero-order valence-electron chi connectivity index (χ0n) is 8.23. The Balaban J connectivity index is 2.56. The normalized spacial score (nSPS) is 14.4. The van der Waals surface area contributed by atoms with Crippen LogP contribution in [0.5, 0.6) is 0 Å². The average Bonchev–Trinajstić information content (AvgIpc) is 2.27. The maximum absolute atomic E-state index is 10.7. The molecule has 0 aliphatic heterocycles. The minimum absolute atomic E-state index is 0.0642. The Labute approximate surface area is 87.1 Å². The maximum atomic E-state index is 10.7. The van der Waals surface area contributed by atoms with Gasteiger partial charge in [-0.2, -0.15) is 0 Å². The van der Waals surface area contributed by atoms with Crippen LogP contribution < -0.4 is 0 Å². The number of hydrogen-bond acceptors (Lipinski definition) is 3. The highest BCUT2D eigenvalue weighted by Gasteiger charge is 2.19. The molecule has 2 rings (SSSR count). The second kappa shape index (κ2) is 3.81. The molecule has 0 bridgehead atoms. The molecule has 0 aromatic heterocycles. The van der Waals surface area contributed by atoms with Crippen molar-refractivity contribution in [3.05, 3.63) is 38.9 Å². The number of fused-ring (bicyclic) bond motifs is 1. The third-order valence-electron chi connectivity index (χ3n) is 2.81. The van der Waals surface area contributed by atoms with Gasteiger partial charge in [-0.05, 0) is 42.9 Å². The first-order valence-corrected chi connectivity index (χ1v) is 4.97. The standard InChI is InChI=1S/C11H11NO3/c13-7-10-5-8-3-1-2-4-9(8)6-11(10)12(14)15/h5-7H,1-4H2. The van der Waals surface area contributed by atoms with Gasteiger partial charge in [0.2, 0.25) is 0 Å². The number of carbonyl (C=O) groups is 1. The summed E-state index contributed by atoms with van der Waals surface area (Å²) < 4.78 is 0. The van der Waals surface area contributed by atoms with Gasteiger partial charge in [-0.25, -0.2) is 0 Å². The number of nitro groups is 1. The van der Waals surface area contributed by atoms with Crippen LogP contribution in [0.25, 0.3) is 0 Å². The first-order valence-electron chi connectivity index (χ1n) is 4.97.